The van der Waals surface area contributed by atoms with Crippen LogP contribution in [0.1, 0.15) is 0 Å². The third-order valence-corrected chi connectivity index (χ3v) is 2.52. The molecule has 1 aromatic heterocycles. The van der Waals surface area contributed by atoms with E-state index < -0.39 is 12.2 Å². The first-order chi connectivity index (χ1) is 8.87. The molecule has 0 unspecified atom stereocenters. The maximum Gasteiger partial charge on any atom is 0.573 e. The van der Waals surface area contributed by atoms with E-state index in [1.54, 1.807) is 0 Å². The zero-order valence-corrected chi connectivity index (χ0v) is 9.97. The largest absolute Gasteiger partial charge is 0.573 e. The molecule has 0 aliphatic carbocycles. The van der Waals surface area contributed by atoms with Gasteiger partial charge in [0.1, 0.15) is 5.75 Å². The van der Waals surface area contributed by atoms with Gasteiger partial charge in [0, 0.05) is 11.8 Å². The molecule has 0 saturated heterocycles. The number of pyridine rings is 1. The van der Waals surface area contributed by atoms with Crippen molar-refractivity contribution in [1.29, 1.82) is 0 Å². The number of nitrogens with zero attached hydrogens (tertiary/aromatic N) is 1. The predicted molar refractivity (Wildman–Crippen MR) is 61.3 cm³/mol. The van der Waals surface area contributed by atoms with Crippen LogP contribution in [0.15, 0.2) is 36.7 Å². The van der Waals surface area contributed by atoms with E-state index in [1.165, 1.54) is 18.3 Å². The Morgan fingerprint density at radius 1 is 1.05 bits per heavy atom. The molecule has 2 nitrogen and oxygen atoms in total. The lowest BCUT2D eigenvalue weighted by Gasteiger charge is -2.10. The van der Waals surface area contributed by atoms with Gasteiger partial charge in [0.15, 0.2) is 5.82 Å². The number of hydrogen-bond acceptors (Lipinski definition) is 2. The van der Waals surface area contributed by atoms with Gasteiger partial charge in [0.05, 0.1) is 11.2 Å². The number of benzene rings is 1. The van der Waals surface area contributed by atoms with Gasteiger partial charge in [-0.05, 0) is 17.7 Å². The van der Waals surface area contributed by atoms with Crippen LogP contribution in [0.2, 0.25) is 5.02 Å². The lowest BCUT2D eigenvalue weighted by Crippen LogP contribution is -2.16. The minimum Gasteiger partial charge on any atom is -0.406 e. The third-order valence-electron chi connectivity index (χ3n) is 2.23. The Morgan fingerprint density at radius 3 is 2.21 bits per heavy atom. The third kappa shape index (κ3) is 3.35. The van der Waals surface area contributed by atoms with Crippen molar-refractivity contribution in [3.8, 4) is 16.9 Å². The van der Waals surface area contributed by atoms with E-state index in [9.17, 15) is 17.6 Å². The van der Waals surface area contributed by atoms with Crippen LogP contribution in [0.5, 0.6) is 5.75 Å². The quantitative estimate of drug-likeness (QED) is 0.763. The van der Waals surface area contributed by atoms with E-state index in [0.717, 1.165) is 18.3 Å². The normalized spacial score (nSPS) is 11.4. The van der Waals surface area contributed by atoms with Gasteiger partial charge in [-0.3, -0.25) is 4.98 Å². The van der Waals surface area contributed by atoms with Gasteiger partial charge in [0.25, 0.3) is 0 Å². The predicted octanol–water partition coefficient (Wildman–Crippen LogP) is 4.44. The second kappa shape index (κ2) is 5.05. The van der Waals surface area contributed by atoms with E-state index in [2.05, 4.69) is 9.72 Å². The van der Waals surface area contributed by atoms with Gasteiger partial charge < -0.3 is 4.74 Å². The molecule has 0 aliphatic heterocycles. The maximum absolute atomic E-state index is 13.5. The fourth-order valence-electron chi connectivity index (χ4n) is 1.51. The lowest BCUT2D eigenvalue weighted by atomic mass is 10.1. The van der Waals surface area contributed by atoms with E-state index in [-0.39, 0.29) is 16.3 Å². The van der Waals surface area contributed by atoms with Crippen LogP contribution in [0.25, 0.3) is 11.1 Å². The van der Waals surface area contributed by atoms with Crippen molar-refractivity contribution in [2.24, 2.45) is 0 Å². The molecule has 0 fully saturated rings. The van der Waals surface area contributed by atoms with Crippen LogP contribution >= 0.6 is 11.6 Å². The van der Waals surface area contributed by atoms with Gasteiger partial charge in [0.2, 0.25) is 0 Å². The SMILES string of the molecule is Fc1cncc(Cl)c1-c1ccc(OC(F)(F)F)cc1. The smallest absolute Gasteiger partial charge is 0.406 e. The van der Waals surface area contributed by atoms with Gasteiger partial charge in [-0.25, -0.2) is 4.39 Å². The zero-order chi connectivity index (χ0) is 14.0. The van der Waals surface area contributed by atoms with E-state index >= 15 is 0 Å². The van der Waals surface area contributed by atoms with Crippen molar-refractivity contribution < 1.29 is 22.3 Å². The van der Waals surface area contributed by atoms with Gasteiger partial charge in [-0.2, -0.15) is 0 Å². The molecule has 0 spiro atoms. The van der Waals surface area contributed by atoms with Crippen molar-refractivity contribution in [2.45, 2.75) is 6.36 Å². The van der Waals surface area contributed by atoms with Crippen LogP contribution < -0.4 is 4.74 Å². The first-order valence-corrected chi connectivity index (χ1v) is 5.40. The van der Waals surface area contributed by atoms with E-state index in [1.807, 2.05) is 0 Å². The Labute approximate surface area is 110 Å². The molecule has 2 aromatic rings. The second-order valence-corrected chi connectivity index (χ2v) is 3.96. The molecule has 0 aliphatic rings. The summed E-state index contributed by atoms with van der Waals surface area (Å²) in [5, 5.41) is 0.0736. The first-order valence-electron chi connectivity index (χ1n) is 5.02. The van der Waals surface area contributed by atoms with Crippen LogP contribution in [0.3, 0.4) is 0 Å². The Kier molecular flexibility index (Phi) is 3.61. The number of halogens is 5. The van der Waals surface area contributed by atoms with Gasteiger partial charge in [-0.15, -0.1) is 13.2 Å². The van der Waals surface area contributed by atoms with Crippen molar-refractivity contribution in [3.63, 3.8) is 0 Å². The first kappa shape index (κ1) is 13.6. The summed E-state index contributed by atoms with van der Waals surface area (Å²) in [5.74, 6) is -1.04. The molecular formula is C12H6ClF4NO. The summed E-state index contributed by atoms with van der Waals surface area (Å²) in [6.45, 7) is 0. The minimum absolute atomic E-state index is 0.0736. The summed E-state index contributed by atoms with van der Waals surface area (Å²) in [6.07, 6.45) is -2.54. The molecule has 0 radical (unpaired) electrons. The number of rotatable bonds is 2. The van der Waals surface area contributed by atoms with Crippen molar-refractivity contribution in [2.75, 3.05) is 0 Å². The van der Waals surface area contributed by atoms with Crippen LogP contribution in [0.4, 0.5) is 17.6 Å². The van der Waals surface area contributed by atoms with E-state index in [0.29, 0.717) is 5.56 Å². The molecule has 0 amide bonds. The minimum atomic E-state index is -4.76. The molecule has 0 atom stereocenters. The van der Waals surface area contributed by atoms with Crippen molar-refractivity contribution in [3.05, 3.63) is 47.5 Å². The molecule has 100 valence electrons. The summed E-state index contributed by atoms with van der Waals surface area (Å²) in [7, 11) is 0. The monoisotopic (exact) mass is 291 g/mol. The topological polar surface area (TPSA) is 22.1 Å². The summed E-state index contributed by atoms with van der Waals surface area (Å²) in [5.41, 5.74) is 0.412. The molecule has 7 heteroatoms. The van der Waals surface area contributed by atoms with Gasteiger partial charge in [-0.1, -0.05) is 23.7 Å². The second-order valence-electron chi connectivity index (χ2n) is 3.55. The fourth-order valence-corrected chi connectivity index (χ4v) is 1.77. The van der Waals surface area contributed by atoms with Crippen molar-refractivity contribution in [1.82, 2.24) is 4.98 Å². The summed E-state index contributed by atoms with van der Waals surface area (Å²) in [6, 6.07) is 4.73. The molecule has 0 saturated carbocycles. The molecule has 19 heavy (non-hydrogen) atoms. The van der Waals surface area contributed by atoms with Crippen LogP contribution in [-0.4, -0.2) is 11.3 Å². The maximum atomic E-state index is 13.5. The molecule has 1 aromatic carbocycles. The molecule has 2 rings (SSSR count). The highest BCUT2D eigenvalue weighted by molar-refractivity contribution is 6.33. The highest BCUT2D eigenvalue weighted by Crippen LogP contribution is 2.31. The average Bonchev–Trinajstić information content (AvgIpc) is 2.29. The zero-order valence-electron chi connectivity index (χ0n) is 9.21. The van der Waals surface area contributed by atoms with Crippen molar-refractivity contribution >= 4 is 11.6 Å². The number of alkyl halides is 3. The fraction of sp³-hybridized carbons (Fsp3) is 0.0833. The Bertz CT molecular complexity index is 563. The summed E-state index contributed by atoms with van der Waals surface area (Å²) in [4.78, 5) is 3.56. The van der Waals surface area contributed by atoms with E-state index in [4.69, 9.17) is 11.6 Å². The highest BCUT2D eigenvalue weighted by atomic mass is 35.5. The number of ether oxygens (including phenoxy) is 1. The highest BCUT2D eigenvalue weighted by Gasteiger charge is 2.31. The van der Waals surface area contributed by atoms with Crippen LogP contribution in [-0.2, 0) is 0 Å². The lowest BCUT2D eigenvalue weighted by molar-refractivity contribution is -0.274. The molecule has 0 N–H and O–H groups in total. The Balaban J connectivity index is 2.33. The summed E-state index contributed by atoms with van der Waals surface area (Å²) >= 11 is 5.80. The number of hydrogen-bond donors (Lipinski definition) is 0. The van der Waals surface area contributed by atoms with Gasteiger partial charge >= 0.3 is 6.36 Å². The molecule has 1 heterocycles. The van der Waals surface area contributed by atoms with Crippen LogP contribution in [0, 0.1) is 5.82 Å². The molecular weight excluding hydrogens is 286 g/mol. The summed E-state index contributed by atoms with van der Waals surface area (Å²) < 4.78 is 53.2. The number of aromatic nitrogens is 1. The standard InChI is InChI=1S/C12H6ClF4NO/c13-9-5-18-6-10(14)11(9)7-1-3-8(4-2-7)19-12(15,16)17/h1-6H. The average molecular weight is 292 g/mol. The Hall–Kier alpha value is -1.82. The molecule has 0 bridgehead atoms. The Morgan fingerprint density at radius 2 is 1.68 bits per heavy atom.